The van der Waals surface area contributed by atoms with Crippen LogP contribution in [-0.4, -0.2) is 35.5 Å². The Morgan fingerprint density at radius 1 is 1.38 bits per heavy atom. The molecule has 3 rings (SSSR count). The first-order chi connectivity index (χ1) is 10.1. The smallest absolute Gasteiger partial charge is 0.332 e. The minimum absolute atomic E-state index is 0.0311. The number of hydrogen-bond donors (Lipinski definition) is 0. The second-order valence-corrected chi connectivity index (χ2v) is 5.73. The predicted octanol–water partition coefficient (Wildman–Crippen LogP) is 2.41. The van der Waals surface area contributed by atoms with Crippen molar-refractivity contribution >= 4 is 11.9 Å². The molecular formula is C17H19NO3. The van der Waals surface area contributed by atoms with Crippen LogP contribution in [0.2, 0.25) is 0 Å². The molecule has 4 heteroatoms. The molecule has 2 aliphatic rings. The average molecular weight is 285 g/mol. The molecule has 1 aromatic carbocycles. The second-order valence-electron chi connectivity index (χ2n) is 5.73. The molecule has 0 spiro atoms. The van der Waals surface area contributed by atoms with E-state index >= 15 is 0 Å². The molecule has 2 saturated heterocycles. The van der Waals surface area contributed by atoms with Crippen LogP contribution in [0.5, 0.6) is 0 Å². The molecule has 0 unspecified atom stereocenters. The second kappa shape index (κ2) is 5.02. The number of esters is 1. The number of amides is 1. The van der Waals surface area contributed by atoms with Crippen LogP contribution < -0.4 is 0 Å². The highest BCUT2D eigenvalue weighted by Gasteiger charge is 2.63. The van der Waals surface area contributed by atoms with Gasteiger partial charge in [0, 0.05) is 17.5 Å². The lowest BCUT2D eigenvalue weighted by molar-refractivity contribution is -0.152. The lowest BCUT2D eigenvalue weighted by Crippen LogP contribution is -2.54. The van der Waals surface area contributed by atoms with Gasteiger partial charge in [0.2, 0.25) is 0 Å². The summed E-state index contributed by atoms with van der Waals surface area (Å²) >= 11 is 0. The fraction of sp³-hybridized carbons (Fsp3) is 0.412. The number of methoxy groups -OCH3 is 1. The van der Waals surface area contributed by atoms with Gasteiger partial charge in [0.25, 0.3) is 5.91 Å². The standard InChI is InChI=1S/C17H19NO3/c1-3-13-11-14-9-10-17(13,16(20)21-2)18(14)15(19)12-7-5-4-6-8-12/h3-8,13-14H,1,9-11H2,2H3/t13-,14-,17-/m1/s1. The highest BCUT2D eigenvalue weighted by atomic mass is 16.5. The van der Waals surface area contributed by atoms with Gasteiger partial charge in [-0.25, -0.2) is 4.79 Å². The zero-order valence-electron chi connectivity index (χ0n) is 12.1. The molecule has 21 heavy (non-hydrogen) atoms. The molecule has 1 aromatic rings. The minimum atomic E-state index is -0.867. The largest absolute Gasteiger partial charge is 0.467 e. The van der Waals surface area contributed by atoms with Gasteiger partial charge in [-0.15, -0.1) is 6.58 Å². The number of rotatable bonds is 3. The van der Waals surface area contributed by atoms with Crippen LogP contribution in [0.25, 0.3) is 0 Å². The maximum absolute atomic E-state index is 12.9. The molecule has 3 atom stereocenters. The van der Waals surface area contributed by atoms with Gasteiger partial charge >= 0.3 is 5.97 Å². The number of fused-ring (bicyclic) bond motifs is 2. The van der Waals surface area contributed by atoms with Crippen LogP contribution in [0.3, 0.4) is 0 Å². The first-order valence-corrected chi connectivity index (χ1v) is 7.25. The summed E-state index contributed by atoms with van der Waals surface area (Å²) in [4.78, 5) is 27.1. The third-order valence-corrected chi connectivity index (χ3v) is 4.86. The van der Waals surface area contributed by atoms with Crippen LogP contribution in [0.1, 0.15) is 29.6 Å². The summed E-state index contributed by atoms with van der Waals surface area (Å²) in [5, 5.41) is 0. The highest BCUT2D eigenvalue weighted by molar-refractivity contribution is 5.99. The summed E-state index contributed by atoms with van der Waals surface area (Å²) < 4.78 is 5.02. The van der Waals surface area contributed by atoms with Crippen LogP contribution in [0.4, 0.5) is 0 Å². The lowest BCUT2D eigenvalue weighted by Gasteiger charge is -2.35. The van der Waals surface area contributed by atoms with Gasteiger partial charge in [0.05, 0.1) is 7.11 Å². The maximum atomic E-state index is 12.9. The molecule has 0 saturated carbocycles. The minimum Gasteiger partial charge on any atom is -0.467 e. The summed E-state index contributed by atoms with van der Waals surface area (Å²) in [6, 6.07) is 9.21. The van der Waals surface area contributed by atoms with E-state index in [1.807, 2.05) is 18.2 Å². The predicted molar refractivity (Wildman–Crippen MR) is 78.7 cm³/mol. The van der Waals surface area contributed by atoms with E-state index < -0.39 is 5.54 Å². The quantitative estimate of drug-likeness (QED) is 0.633. The number of nitrogens with zero attached hydrogens (tertiary/aromatic N) is 1. The summed E-state index contributed by atoms with van der Waals surface area (Å²) in [5.41, 5.74) is -0.254. The average Bonchev–Trinajstić information content (AvgIpc) is 3.07. The Kier molecular flexibility index (Phi) is 3.32. The SMILES string of the molecule is C=C[C@@H]1C[C@H]2CC[C@@]1(C(=O)OC)N2C(=O)c1ccccc1. The van der Waals surface area contributed by atoms with Gasteiger partial charge in [-0.2, -0.15) is 0 Å². The van der Waals surface area contributed by atoms with E-state index in [1.165, 1.54) is 7.11 Å². The van der Waals surface area contributed by atoms with Gasteiger partial charge in [0.15, 0.2) is 0 Å². The van der Waals surface area contributed by atoms with E-state index in [2.05, 4.69) is 6.58 Å². The zero-order valence-corrected chi connectivity index (χ0v) is 12.1. The van der Waals surface area contributed by atoms with Crippen LogP contribution in [0, 0.1) is 5.92 Å². The van der Waals surface area contributed by atoms with Gasteiger partial charge in [0.1, 0.15) is 5.54 Å². The van der Waals surface area contributed by atoms with E-state index in [0.29, 0.717) is 12.0 Å². The highest BCUT2D eigenvalue weighted by Crippen LogP contribution is 2.51. The van der Waals surface area contributed by atoms with E-state index in [0.717, 1.165) is 12.8 Å². The number of carbonyl (C=O) groups is 2. The lowest BCUT2D eigenvalue weighted by atomic mass is 9.77. The van der Waals surface area contributed by atoms with E-state index in [-0.39, 0.29) is 23.8 Å². The van der Waals surface area contributed by atoms with Crippen LogP contribution in [-0.2, 0) is 9.53 Å². The van der Waals surface area contributed by atoms with Crippen molar-refractivity contribution in [3.05, 3.63) is 48.6 Å². The van der Waals surface area contributed by atoms with E-state index in [9.17, 15) is 9.59 Å². The topological polar surface area (TPSA) is 46.6 Å². The van der Waals surface area contributed by atoms with Crippen molar-refractivity contribution in [2.75, 3.05) is 7.11 Å². The normalized spacial score (nSPS) is 30.2. The summed E-state index contributed by atoms with van der Waals surface area (Å²) in [6.45, 7) is 3.84. The molecule has 0 aliphatic carbocycles. The molecule has 110 valence electrons. The fourth-order valence-corrected chi connectivity index (χ4v) is 3.92. The Morgan fingerprint density at radius 2 is 2.10 bits per heavy atom. The molecule has 0 radical (unpaired) electrons. The van der Waals surface area contributed by atoms with Crippen molar-refractivity contribution in [1.82, 2.24) is 4.90 Å². The summed E-state index contributed by atoms with van der Waals surface area (Å²) in [6.07, 6.45) is 4.08. The first kappa shape index (κ1) is 13.9. The molecule has 1 amide bonds. The maximum Gasteiger partial charge on any atom is 0.332 e. The van der Waals surface area contributed by atoms with Crippen molar-refractivity contribution in [3.63, 3.8) is 0 Å². The van der Waals surface area contributed by atoms with Gasteiger partial charge < -0.3 is 9.64 Å². The van der Waals surface area contributed by atoms with Gasteiger partial charge in [-0.3, -0.25) is 4.79 Å². The zero-order chi connectivity index (χ0) is 15.0. The Bertz CT molecular complexity index is 583. The van der Waals surface area contributed by atoms with E-state index in [1.54, 1.807) is 23.1 Å². The molecule has 4 nitrogen and oxygen atoms in total. The molecule has 0 aromatic heterocycles. The van der Waals surface area contributed by atoms with Crippen LogP contribution in [0.15, 0.2) is 43.0 Å². The Balaban J connectivity index is 2.03. The third-order valence-electron chi connectivity index (χ3n) is 4.86. The molecule has 0 N–H and O–H groups in total. The summed E-state index contributed by atoms with van der Waals surface area (Å²) in [7, 11) is 1.38. The van der Waals surface area contributed by atoms with Crippen LogP contribution >= 0.6 is 0 Å². The molecule has 2 heterocycles. The Hall–Kier alpha value is -2.10. The third kappa shape index (κ3) is 1.82. The molecule has 2 bridgehead atoms. The van der Waals surface area contributed by atoms with Gasteiger partial charge in [-0.05, 0) is 31.4 Å². The number of carbonyl (C=O) groups excluding carboxylic acids is 2. The van der Waals surface area contributed by atoms with Gasteiger partial charge in [-0.1, -0.05) is 24.3 Å². The Labute approximate surface area is 124 Å². The summed E-state index contributed by atoms with van der Waals surface area (Å²) in [5.74, 6) is -0.444. The number of ether oxygens (including phenoxy) is 1. The van der Waals surface area contributed by atoms with Crippen molar-refractivity contribution in [2.24, 2.45) is 5.92 Å². The van der Waals surface area contributed by atoms with Crippen molar-refractivity contribution in [3.8, 4) is 0 Å². The van der Waals surface area contributed by atoms with Crippen molar-refractivity contribution in [1.29, 1.82) is 0 Å². The monoisotopic (exact) mass is 285 g/mol. The van der Waals surface area contributed by atoms with E-state index in [4.69, 9.17) is 4.74 Å². The molecule has 2 fully saturated rings. The number of benzene rings is 1. The van der Waals surface area contributed by atoms with Crippen molar-refractivity contribution in [2.45, 2.75) is 30.8 Å². The fourth-order valence-electron chi connectivity index (χ4n) is 3.92. The first-order valence-electron chi connectivity index (χ1n) is 7.25. The molecule has 2 aliphatic heterocycles. The molecular weight excluding hydrogens is 266 g/mol. The van der Waals surface area contributed by atoms with Crippen molar-refractivity contribution < 1.29 is 14.3 Å². The Morgan fingerprint density at radius 3 is 2.71 bits per heavy atom. The number of hydrogen-bond acceptors (Lipinski definition) is 3.